The smallest absolute Gasteiger partial charge is 0.337 e. The van der Waals surface area contributed by atoms with Gasteiger partial charge in [0.2, 0.25) is 0 Å². The number of hydrogen-bond acceptors (Lipinski definition) is 3. The second-order valence-electron chi connectivity index (χ2n) is 4.22. The number of aromatic carboxylic acids is 1. The average molecular weight is 309 g/mol. The summed E-state index contributed by atoms with van der Waals surface area (Å²) in [6.07, 6.45) is 0. The first kappa shape index (κ1) is 15.0. The fourth-order valence-corrected chi connectivity index (χ4v) is 2.09. The molecule has 2 rings (SSSR count). The molecule has 0 unspecified atom stereocenters. The molecule has 0 spiro atoms. The summed E-state index contributed by atoms with van der Waals surface area (Å²) in [6, 6.07) is 7.65. The number of carboxylic acid groups (broad SMARTS) is 1. The fraction of sp³-hybridized carbons (Fsp3) is 0.0667. The molecule has 1 N–H and O–H groups in total. The Hall–Kier alpha value is -2.40. The number of methoxy groups -OCH3 is 1. The van der Waals surface area contributed by atoms with Gasteiger partial charge in [0.05, 0.1) is 18.2 Å². The summed E-state index contributed by atoms with van der Waals surface area (Å²) in [5, 5.41) is 9.49. The number of carbonyl (C=O) groups excluding carboxylic acids is 1. The third-order valence-corrected chi connectivity index (χ3v) is 3.08. The Morgan fingerprint density at radius 3 is 2.52 bits per heavy atom. The van der Waals surface area contributed by atoms with Gasteiger partial charge < -0.3 is 9.84 Å². The molecule has 0 aliphatic rings. The molecule has 2 aromatic rings. The zero-order chi connectivity index (χ0) is 15.6. The molecule has 0 amide bonds. The first-order chi connectivity index (χ1) is 9.92. The molecule has 0 heterocycles. The Morgan fingerprint density at radius 2 is 1.90 bits per heavy atom. The number of esters is 1. The summed E-state index contributed by atoms with van der Waals surface area (Å²) < 4.78 is 18.2. The number of ether oxygens (including phenoxy) is 1. The SMILES string of the molecule is COC(=O)c1cc(F)cc(-c2cc(Cl)ccc2C(=O)O)c1. The van der Waals surface area contributed by atoms with Gasteiger partial charge in [0, 0.05) is 5.02 Å². The third kappa shape index (κ3) is 3.20. The highest BCUT2D eigenvalue weighted by molar-refractivity contribution is 6.31. The maximum atomic E-state index is 13.7. The summed E-state index contributed by atoms with van der Waals surface area (Å²) in [6.45, 7) is 0. The Bertz CT molecular complexity index is 728. The van der Waals surface area contributed by atoms with Gasteiger partial charge in [-0.05, 0) is 47.5 Å². The van der Waals surface area contributed by atoms with Crippen molar-refractivity contribution in [2.75, 3.05) is 7.11 Å². The van der Waals surface area contributed by atoms with Crippen LogP contribution in [0.25, 0.3) is 11.1 Å². The Labute approximate surface area is 124 Å². The molecular formula is C15H10ClFO4. The van der Waals surface area contributed by atoms with Crippen LogP contribution in [0.3, 0.4) is 0 Å². The van der Waals surface area contributed by atoms with Crippen LogP contribution in [0.15, 0.2) is 36.4 Å². The van der Waals surface area contributed by atoms with Crippen molar-refractivity contribution in [3.05, 3.63) is 58.4 Å². The minimum atomic E-state index is -1.18. The van der Waals surface area contributed by atoms with Crippen molar-refractivity contribution < 1.29 is 23.8 Å². The first-order valence-electron chi connectivity index (χ1n) is 5.84. The number of rotatable bonds is 3. The Kier molecular flexibility index (Phi) is 4.23. The molecule has 0 aliphatic heterocycles. The van der Waals surface area contributed by atoms with E-state index < -0.39 is 17.8 Å². The molecule has 0 radical (unpaired) electrons. The van der Waals surface area contributed by atoms with Crippen molar-refractivity contribution in [2.24, 2.45) is 0 Å². The van der Waals surface area contributed by atoms with Crippen molar-refractivity contribution in [3.63, 3.8) is 0 Å². The molecule has 0 saturated heterocycles. The van der Waals surface area contributed by atoms with E-state index in [1.807, 2.05) is 0 Å². The van der Waals surface area contributed by atoms with Gasteiger partial charge in [0.15, 0.2) is 0 Å². The summed E-state index contributed by atoms with van der Waals surface area (Å²) in [5.41, 5.74) is 0.402. The quantitative estimate of drug-likeness (QED) is 0.879. The van der Waals surface area contributed by atoms with Crippen LogP contribution in [-0.2, 0) is 4.74 Å². The standard InChI is InChI=1S/C15H10ClFO4/c1-21-15(20)9-4-8(5-11(17)6-9)13-7-10(16)2-3-12(13)14(18)19/h2-7H,1H3,(H,18,19). The molecule has 0 atom stereocenters. The topological polar surface area (TPSA) is 63.6 Å². The van der Waals surface area contributed by atoms with Crippen LogP contribution in [0.2, 0.25) is 5.02 Å². The van der Waals surface area contributed by atoms with Gasteiger partial charge in [-0.2, -0.15) is 0 Å². The number of benzene rings is 2. The zero-order valence-corrected chi connectivity index (χ0v) is 11.6. The largest absolute Gasteiger partial charge is 0.478 e. The highest BCUT2D eigenvalue weighted by Gasteiger charge is 2.16. The van der Waals surface area contributed by atoms with Crippen LogP contribution in [0.1, 0.15) is 20.7 Å². The van der Waals surface area contributed by atoms with Crippen molar-refractivity contribution in [2.45, 2.75) is 0 Å². The van der Waals surface area contributed by atoms with Crippen LogP contribution in [0, 0.1) is 5.82 Å². The highest BCUT2D eigenvalue weighted by Crippen LogP contribution is 2.29. The monoisotopic (exact) mass is 308 g/mol. The lowest BCUT2D eigenvalue weighted by molar-refractivity contribution is 0.0599. The van der Waals surface area contributed by atoms with Crippen LogP contribution in [-0.4, -0.2) is 24.2 Å². The molecular weight excluding hydrogens is 299 g/mol. The molecule has 0 aromatic heterocycles. The van der Waals surface area contributed by atoms with E-state index in [0.29, 0.717) is 5.02 Å². The van der Waals surface area contributed by atoms with Crippen molar-refractivity contribution in [1.82, 2.24) is 0 Å². The summed E-state index contributed by atoms with van der Waals surface area (Å²) in [5.74, 6) is -2.57. The van der Waals surface area contributed by atoms with Gasteiger partial charge in [0.25, 0.3) is 0 Å². The van der Waals surface area contributed by atoms with Crippen LogP contribution >= 0.6 is 11.6 Å². The van der Waals surface area contributed by atoms with E-state index in [9.17, 15) is 19.1 Å². The Balaban J connectivity index is 2.66. The second-order valence-corrected chi connectivity index (χ2v) is 4.65. The minimum Gasteiger partial charge on any atom is -0.478 e. The van der Waals surface area contributed by atoms with E-state index in [-0.39, 0.29) is 22.3 Å². The predicted octanol–water partition coefficient (Wildman–Crippen LogP) is 3.63. The van der Waals surface area contributed by atoms with Gasteiger partial charge in [-0.1, -0.05) is 11.6 Å². The lowest BCUT2D eigenvalue weighted by atomic mass is 9.98. The van der Waals surface area contributed by atoms with E-state index in [1.54, 1.807) is 0 Å². The molecule has 2 aromatic carbocycles. The predicted molar refractivity (Wildman–Crippen MR) is 75.1 cm³/mol. The number of hydrogen-bond donors (Lipinski definition) is 1. The lowest BCUT2D eigenvalue weighted by Gasteiger charge is -2.09. The van der Waals surface area contributed by atoms with E-state index in [1.165, 1.54) is 31.4 Å². The molecule has 108 valence electrons. The number of carbonyl (C=O) groups is 2. The summed E-state index contributed by atoms with van der Waals surface area (Å²) in [4.78, 5) is 22.7. The second kappa shape index (κ2) is 5.93. The molecule has 0 bridgehead atoms. The molecule has 6 heteroatoms. The molecule has 0 aliphatic carbocycles. The van der Waals surface area contributed by atoms with Gasteiger partial charge in [-0.15, -0.1) is 0 Å². The van der Waals surface area contributed by atoms with Gasteiger partial charge in [-0.25, -0.2) is 14.0 Å². The zero-order valence-electron chi connectivity index (χ0n) is 10.9. The first-order valence-corrected chi connectivity index (χ1v) is 6.22. The summed E-state index contributed by atoms with van der Waals surface area (Å²) in [7, 11) is 1.18. The summed E-state index contributed by atoms with van der Waals surface area (Å²) >= 11 is 5.86. The van der Waals surface area contributed by atoms with Crippen molar-refractivity contribution in [3.8, 4) is 11.1 Å². The molecule has 4 nitrogen and oxygen atoms in total. The fourth-order valence-electron chi connectivity index (χ4n) is 1.92. The van der Waals surface area contributed by atoms with Crippen LogP contribution < -0.4 is 0 Å². The van der Waals surface area contributed by atoms with Gasteiger partial charge in [0.1, 0.15) is 5.82 Å². The van der Waals surface area contributed by atoms with Crippen molar-refractivity contribution >= 4 is 23.5 Å². The molecule has 0 fully saturated rings. The van der Waals surface area contributed by atoms with Gasteiger partial charge >= 0.3 is 11.9 Å². The molecule has 21 heavy (non-hydrogen) atoms. The molecule has 0 saturated carbocycles. The van der Waals surface area contributed by atoms with Crippen LogP contribution in [0.4, 0.5) is 4.39 Å². The van der Waals surface area contributed by atoms with E-state index in [0.717, 1.165) is 12.1 Å². The van der Waals surface area contributed by atoms with Gasteiger partial charge in [-0.3, -0.25) is 0 Å². The average Bonchev–Trinajstić information content (AvgIpc) is 2.45. The van der Waals surface area contributed by atoms with Crippen molar-refractivity contribution in [1.29, 1.82) is 0 Å². The third-order valence-electron chi connectivity index (χ3n) is 2.84. The maximum Gasteiger partial charge on any atom is 0.337 e. The number of halogens is 2. The maximum absolute atomic E-state index is 13.7. The normalized spacial score (nSPS) is 10.2. The van der Waals surface area contributed by atoms with E-state index in [4.69, 9.17) is 11.6 Å². The van der Waals surface area contributed by atoms with E-state index >= 15 is 0 Å². The minimum absolute atomic E-state index is 0.0104. The van der Waals surface area contributed by atoms with E-state index in [2.05, 4.69) is 4.74 Å². The lowest BCUT2D eigenvalue weighted by Crippen LogP contribution is -2.04. The Morgan fingerprint density at radius 1 is 1.19 bits per heavy atom. The highest BCUT2D eigenvalue weighted by atomic mass is 35.5. The van der Waals surface area contributed by atoms with Crippen LogP contribution in [0.5, 0.6) is 0 Å². The number of carboxylic acids is 1.